The molecule has 78 valence electrons. The molecule has 0 radical (unpaired) electrons. The summed E-state index contributed by atoms with van der Waals surface area (Å²) in [6.07, 6.45) is 8.47. The van der Waals surface area contributed by atoms with Crippen LogP contribution in [0.2, 0.25) is 5.15 Å². The van der Waals surface area contributed by atoms with Gasteiger partial charge in [0.1, 0.15) is 5.15 Å². The van der Waals surface area contributed by atoms with Crippen LogP contribution in [0.15, 0.2) is 24.5 Å². The van der Waals surface area contributed by atoms with Crippen LogP contribution in [-0.4, -0.2) is 15.9 Å². The zero-order chi connectivity index (χ0) is 10.7. The van der Waals surface area contributed by atoms with Gasteiger partial charge < -0.3 is 5.32 Å². The summed E-state index contributed by atoms with van der Waals surface area (Å²) in [4.78, 5) is 19.4. The largest absolute Gasteiger partial charge is 0.309 e. The van der Waals surface area contributed by atoms with Gasteiger partial charge in [-0.15, -0.1) is 0 Å². The predicted octanol–water partition coefficient (Wildman–Crippen LogP) is 2.03. The fourth-order valence-corrected chi connectivity index (χ4v) is 1.53. The van der Waals surface area contributed by atoms with Gasteiger partial charge in [-0.25, -0.2) is 9.97 Å². The van der Waals surface area contributed by atoms with E-state index < -0.39 is 0 Å². The molecule has 1 amide bonds. The Morgan fingerprint density at radius 2 is 2.07 bits per heavy atom. The number of rotatable bonds is 2. The second kappa shape index (κ2) is 4.40. The van der Waals surface area contributed by atoms with Crippen molar-refractivity contribution < 1.29 is 4.79 Å². The second-order valence-corrected chi connectivity index (χ2v) is 3.74. The minimum atomic E-state index is -0.0170. The minimum absolute atomic E-state index is 0.0170. The lowest BCUT2D eigenvalue weighted by Gasteiger charge is -2.08. The molecule has 4 nitrogen and oxygen atoms in total. The monoisotopic (exact) mass is 223 g/mol. The highest BCUT2D eigenvalue weighted by Crippen LogP contribution is 2.19. The quantitative estimate of drug-likeness (QED) is 0.781. The van der Waals surface area contributed by atoms with Gasteiger partial charge in [-0.05, 0) is 12.8 Å². The van der Waals surface area contributed by atoms with Crippen LogP contribution in [0.25, 0.3) is 0 Å². The van der Waals surface area contributed by atoms with E-state index in [9.17, 15) is 4.79 Å². The maximum atomic E-state index is 11.6. The topological polar surface area (TPSA) is 54.9 Å². The van der Waals surface area contributed by atoms with E-state index in [0.717, 1.165) is 12.8 Å². The summed E-state index contributed by atoms with van der Waals surface area (Å²) < 4.78 is 0. The van der Waals surface area contributed by atoms with Crippen LogP contribution < -0.4 is 5.32 Å². The molecule has 1 aromatic heterocycles. The normalized spacial score (nSPS) is 15.5. The number of anilines is 1. The highest BCUT2D eigenvalue weighted by molar-refractivity contribution is 6.29. The first-order chi connectivity index (χ1) is 7.25. The van der Waals surface area contributed by atoms with Crippen molar-refractivity contribution in [3.63, 3.8) is 0 Å². The summed E-state index contributed by atoms with van der Waals surface area (Å²) in [5, 5.41) is 3.02. The molecule has 0 spiro atoms. The molecule has 15 heavy (non-hydrogen) atoms. The van der Waals surface area contributed by atoms with Crippen molar-refractivity contribution in [3.05, 3.63) is 29.7 Å². The highest BCUT2D eigenvalue weighted by Gasteiger charge is 2.19. The first-order valence-corrected chi connectivity index (χ1v) is 5.07. The Kier molecular flexibility index (Phi) is 2.97. The van der Waals surface area contributed by atoms with Crippen molar-refractivity contribution in [2.24, 2.45) is 5.92 Å². The molecule has 0 fully saturated rings. The average molecular weight is 224 g/mol. The summed E-state index contributed by atoms with van der Waals surface area (Å²) in [5.41, 5.74) is 0. The van der Waals surface area contributed by atoms with E-state index in [4.69, 9.17) is 11.6 Å². The number of carbonyl (C=O) groups excluding carboxylic acids is 1. The Morgan fingerprint density at radius 1 is 1.33 bits per heavy atom. The van der Waals surface area contributed by atoms with E-state index in [1.54, 1.807) is 0 Å². The lowest BCUT2D eigenvalue weighted by atomic mass is 10.1. The van der Waals surface area contributed by atoms with Crippen LogP contribution >= 0.6 is 11.6 Å². The van der Waals surface area contributed by atoms with Crippen molar-refractivity contribution in [1.82, 2.24) is 9.97 Å². The number of hydrogen-bond donors (Lipinski definition) is 1. The van der Waals surface area contributed by atoms with Gasteiger partial charge in [0.15, 0.2) is 5.82 Å². The Balaban J connectivity index is 1.96. The van der Waals surface area contributed by atoms with E-state index in [1.165, 1.54) is 12.4 Å². The Bertz CT molecular complexity index is 380. The summed E-state index contributed by atoms with van der Waals surface area (Å²) >= 11 is 5.58. The first kappa shape index (κ1) is 10.1. The maximum Gasteiger partial charge on any atom is 0.229 e. The number of allylic oxidation sites excluding steroid dienone is 2. The number of carbonyl (C=O) groups is 1. The smallest absolute Gasteiger partial charge is 0.229 e. The van der Waals surface area contributed by atoms with Gasteiger partial charge in [0.05, 0.1) is 12.4 Å². The molecule has 1 N–H and O–H groups in total. The summed E-state index contributed by atoms with van der Waals surface area (Å²) in [5.74, 6) is 0.454. The van der Waals surface area contributed by atoms with Gasteiger partial charge in [-0.1, -0.05) is 23.8 Å². The van der Waals surface area contributed by atoms with E-state index >= 15 is 0 Å². The van der Waals surface area contributed by atoms with E-state index in [1.807, 2.05) is 12.2 Å². The van der Waals surface area contributed by atoms with Crippen molar-refractivity contribution in [2.75, 3.05) is 5.32 Å². The zero-order valence-corrected chi connectivity index (χ0v) is 8.74. The molecular weight excluding hydrogens is 214 g/mol. The lowest BCUT2D eigenvalue weighted by molar-refractivity contribution is -0.119. The molecule has 1 aromatic rings. The maximum absolute atomic E-state index is 11.6. The molecular formula is C10H10ClN3O. The molecule has 0 unspecified atom stereocenters. The van der Waals surface area contributed by atoms with Crippen molar-refractivity contribution in [3.8, 4) is 0 Å². The fraction of sp³-hybridized carbons (Fsp3) is 0.300. The number of amides is 1. The number of hydrogen-bond acceptors (Lipinski definition) is 3. The van der Waals surface area contributed by atoms with Gasteiger partial charge in [0.2, 0.25) is 5.91 Å². The van der Waals surface area contributed by atoms with Crippen molar-refractivity contribution >= 4 is 23.3 Å². The minimum Gasteiger partial charge on any atom is -0.309 e. The summed E-state index contributed by atoms with van der Waals surface area (Å²) in [7, 11) is 0. The van der Waals surface area contributed by atoms with Gasteiger partial charge in [0, 0.05) is 5.92 Å². The molecule has 0 aromatic carbocycles. The summed E-state index contributed by atoms with van der Waals surface area (Å²) in [6.45, 7) is 0. The zero-order valence-electron chi connectivity index (χ0n) is 7.98. The molecule has 0 saturated heterocycles. The highest BCUT2D eigenvalue weighted by atomic mass is 35.5. The second-order valence-electron chi connectivity index (χ2n) is 3.35. The average Bonchev–Trinajstić information content (AvgIpc) is 2.74. The van der Waals surface area contributed by atoms with Crippen LogP contribution in [0.1, 0.15) is 12.8 Å². The molecule has 0 bridgehead atoms. The van der Waals surface area contributed by atoms with Crippen molar-refractivity contribution in [2.45, 2.75) is 12.8 Å². The Labute approximate surface area is 92.4 Å². The molecule has 1 heterocycles. The molecule has 2 rings (SSSR count). The Morgan fingerprint density at radius 3 is 2.67 bits per heavy atom. The van der Waals surface area contributed by atoms with Crippen LogP contribution in [0.3, 0.4) is 0 Å². The van der Waals surface area contributed by atoms with E-state index in [2.05, 4.69) is 15.3 Å². The molecule has 0 aliphatic heterocycles. The molecule has 5 heteroatoms. The van der Waals surface area contributed by atoms with Crippen molar-refractivity contribution in [1.29, 1.82) is 0 Å². The van der Waals surface area contributed by atoms with Gasteiger partial charge in [-0.3, -0.25) is 4.79 Å². The number of nitrogens with zero attached hydrogens (tertiary/aromatic N) is 2. The Hall–Kier alpha value is -1.42. The predicted molar refractivity (Wildman–Crippen MR) is 57.5 cm³/mol. The number of nitrogens with one attached hydrogen (secondary N) is 1. The third-order valence-corrected chi connectivity index (χ3v) is 2.45. The van der Waals surface area contributed by atoms with Crippen LogP contribution in [-0.2, 0) is 4.79 Å². The molecule has 1 aliphatic carbocycles. The van der Waals surface area contributed by atoms with Gasteiger partial charge in [0.25, 0.3) is 0 Å². The van der Waals surface area contributed by atoms with E-state index in [0.29, 0.717) is 11.0 Å². The van der Waals surface area contributed by atoms with Gasteiger partial charge >= 0.3 is 0 Å². The van der Waals surface area contributed by atoms with Crippen LogP contribution in [0.5, 0.6) is 0 Å². The lowest BCUT2D eigenvalue weighted by Crippen LogP contribution is -2.21. The van der Waals surface area contributed by atoms with Gasteiger partial charge in [-0.2, -0.15) is 0 Å². The molecule has 1 aliphatic rings. The van der Waals surface area contributed by atoms with Crippen LogP contribution in [0, 0.1) is 5.92 Å². The SMILES string of the molecule is O=C(Nc1cnc(Cl)cn1)C1CC=CC1. The number of aromatic nitrogens is 2. The third-order valence-electron chi connectivity index (χ3n) is 2.25. The number of halogens is 1. The molecule has 0 atom stereocenters. The van der Waals surface area contributed by atoms with Crippen LogP contribution in [0.4, 0.5) is 5.82 Å². The third kappa shape index (κ3) is 2.53. The summed E-state index contributed by atoms with van der Waals surface area (Å²) in [6, 6.07) is 0. The standard InChI is InChI=1S/C10H10ClN3O/c11-8-5-13-9(6-12-8)14-10(15)7-3-1-2-4-7/h1-2,5-7H,3-4H2,(H,13,14,15). The van der Waals surface area contributed by atoms with E-state index in [-0.39, 0.29) is 11.8 Å². The fourth-order valence-electron chi connectivity index (χ4n) is 1.44. The first-order valence-electron chi connectivity index (χ1n) is 4.69. The molecule has 0 saturated carbocycles.